The summed E-state index contributed by atoms with van der Waals surface area (Å²) < 4.78 is 0. The first kappa shape index (κ1) is 14.3. The third-order valence-corrected chi connectivity index (χ3v) is 3.37. The number of phenols is 1. The Morgan fingerprint density at radius 2 is 2.20 bits per heavy atom. The zero-order valence-corrected chi connectivity index (χ0v) is 11.1. The lowest BCUT2D eigenvalue weighted by Crippen LogP contribution is -2.48. The molecule has 0 radical (unpaired) electrons. The molecule has 1 heterocycles. The summed E-state index contributed by atoms with van der Waals surface area (Å²) in [6.45, 7) is 2.18. The quantitative estimate of drug-likeness (QED) is 0.627. The lowest BCUT2D eigenvalue weighted by Gasteiger charge is -2.36. The van der Waals surface area contributed by atoms with Crippen molar-refractivity contribution in [3.63, 3.8) is 0 Å². The number of rotatable bonds is 2. The van der Waals surface area contributed by atoms with Crippen LogP contribution < -0.4 is 0 Å². The van der Waals surface area contributed by atoms with E-state index in [4.69, 9.17) is 0 Å². The van der Waals surface area contributed by atoms with E-state index in [1.807, 2.05) is 0 Å². The van der Waals surface area contributed by atoms with Gasteiger partial charge in [-0.3, -0.25) is 14.9 Å². The van der Waals surface area contributed by atoms with Gasteiger partial charge in [-0.2, -0.15) is 0 Å². The minimum absolute atomic E-state index is 0.124. The second-order valence-corrected chi connectivity index (χ2v) is 5.29. The number of phenolic OH excluding ortho intramolecular Hbond substituents is 1. The van der Waals surface area contributed by atoms with Crippen LogP contribution in [0.15, 0.2) is 18.2 Å². The average Bonchev–Trinajstić information content (AvgIpc) is 2.36. The fourth-order valence-corrected chi connectivity index (χ4v) is 2.42. The molecule has 1 fully saturated rings. The molecule has 1 aliphatic rings. The lowest BCUT2D eigenvalue weighted by molar-refractivity contribution is -0.385. The number of β-amino-alcohol motifs (C(OH)–C–C–N with tert-alkyl or cyclic N) is 1. The van der Waals surface area contributed by atoms with Crippen LogP contribution in [-0.4, -0.2) is 44.6 Å². The number of aliphatic hydroxyl groups is 1. The predicted octanol–water partition coefficient (Wildman–Crippen LogP) is 1.29. The van der Waals surface area contributed by atoms with E-state index in [9.17, 15) is 25.1 Å². The monoisotopic (exact) mass is 280 g/mol. The van der Waals surface area contributed by atoms with E-state index in [0.717, 1.165) is 12.1 Å². The molecule has 0 bridgehead atoms. The van der Waals surface area contributed by atoms with Crippen molar-refractivity contribution in [3.8, 4) is 5.75 Å². The smallest absolute Gasteiger partial charge is 0.282 e. The van der Waals surface area contributed by atoms with E-state index in [2.05, 4.69) is 0 Å². The Labute approximate surface area is 115 Å². The summed E-state index contributed by atoms with van der Waals surface area (Å²) in [4.78, 5) is 24.0. The third kappa shape index (κ3) is 2.88. The number of likely N-dealkylation sites (tertiary alicyclic amines) is 1. The third-order valence-electron chi connectivity index (χ3n) is 3.37. The van der Waals surface area contributed by atoms with Crippen molar-refractivity contribution < 1.29 is 19.9 Å². The number of carbonyl (C=O) groups is 1. The van der Waals surface area contributed by atoms with Crippen molar-refractivity contribution in [2.45, 2.75) is 25.4 Å². The Morgan fingerprint density at radius 3 is 2.80 bits per heavy atom. The average molecular weight is 280 g/mol. The van der Waals surface area contributed by atoms with Crippen LogP contribution in [0.4, 0.5) is 5.69 Å². The Bertz CT molecular complexity index is 556. The second kappa shape index (κ2) is 5.09. The van der Waals surface area contributed by atoms with Crippen molar-refractivity contribution in [2.24, 2.45) is 0 Å². The highest BCUT2D eigenvalue weighted by atomic mass is 16.6. The van der Waals surface area contributed by atoms with Crippen LogP contribution in [0.5, 0.6) is 5.75 Å². The molecule has 7 heteroatoms. The minimum atomic E-state index is -0.987. The van der Waals surface area contributed by atoms with Crippen LogP contribution in [0.1, 0.15) is 30.1 Å². The number of nitro benzene ring substituents is 1. The van der Waals surface area contributed by atoms with Gasteiger partial charge in [0.1, 0.15) is 11.3 Å². The maximum Gasteiger partial charge on any atom is 0.282 e. The maximum atomic E-state index is 12.4. The molecule has 1 atom stereocenters. The summed E-state index contributed by atoms with van der Waals surface area (Å²) >= 11 is 0. The highest BCUT2D eigenvalue weighted by molar-refractivity contribution is 5.98. The van der Waals surface area contributed by atoms with Crippen LogP contribution in [0.25, 0.3) is 0 Å². The number of aromatic hydroxyl groups is 1. The molecule has 108 valence electrons. The maximum absolute atomic E-state index is 12.4. The molecule has 1 unspecified atom stereocenters. The van der Waals surface area contributed by atoms with Crippen molar-refractivity contribution in [1.82, 2.24) is 4.90 Å². The fraction of sp³-hybridized carbons (Fsp3) is 0.462. The molecule has 0 aromatic heterocycles. The van der Waals surface area contributed by atoms with Gasteiger partial charge < -0.3 is 15.1 Å². The first-order valence-electron chi connectivity index (χ1n) is 6.29. The topological polar surface area (TPSA) is 104 Å². The Hall–Kier alpha value is -2.15. The lowest BCUT2D eigenvalue weighted by atomic mass is 9.94. The van der Waals surface area contributed by atoms with Gasteiger partial charge in [0.15, 0.2) is 0 Å². The SMILES string of the molecule is CC1(O)CCCN(C(=O)c2cc(O)ccc2[N+](=O)[O-])C1. The molecular formula is C13H16N2O5. The summed E-state index contributed by atoms with van der Waals surface area (Å²) in [6, 6.07) is 3.36. The largest absolute Gasteiger partial charge is 0.508 e. The number of piperidine rings is 1. The van der Waals surface area contributed by atoms with Crippen molar-refractivity contribution >= 4 is 11.6 Å². The van der Waals surface area contributed by atoms with E-state index in [1.165, 1.54) is 11.0 Å². The van der Waals surface area contributed by atoms with Crippen molar-refractivity contribution in [2.75, 3.05) is 13.1 Å². The Kier molecular flexibility index (Phi) is 3.63. The number of nitro groups is 1. The van der Waals surface area contributed by atoms with Crippen LogP contribution in [0.3, 0.4) is 0 Å². The molecule has 1 aromatic carbocycles. The van der Waals surface area contributed by atoms with Crippen LogP contribution in [0, 0.1) is 10.1 Å². The molecule has 2 rings (SSSR count). The molecule has 1 saturated heterocycles. The summed E-state index contributed by atoms with van der Waals surface area (Å²) in [7, 11) is 0. The van der Waals surface area contributed by atoms with Gasteiger partial charge in [0.05, 0.1) is 10.5 Å². The molecule has 0 saturated carbocycles. The molecule has 20 heavy (non-hydrogen) atoms. The number of carbonyl (C=O) groups excluding carboxylic acids is 1. The number of nitrogens with zero attached hydrogens (tertiary/aromatic N) is 2. The van der Waals surface area contributed by atoms with E-state index in [1.54, 1.807) is 6.92 Å². The van der Waals surface area contributed by atoms with Gasteiger partial charge in [0.25, 0.3) is 11.6 Å². The number of benzene rings is 1. The summed E-state index contributed by atoms with van der Waals surface area (Å²) in [5.74, 6) is -0.754. The summed E-state index contributed by atoms with van der Waals surface area (Å²) in [5.41, 5.74) is -1.50. The zero-order chi connectivity index (χ0) is 14.9. The second-order valence-electron chi connectivity index (χ2n) is 5.29. The van der Waals surface area contributed by atoms with Crippen LogP contribution in [-0.2, 0) is 0 Å². The molecule has 2 N–H and O–H groups in total. The van der Waals surface area contributed by atoms with Gasteiger partial charge in [0, 0.05) is 19.2 Å². The van der Waals surface area contributed by atoms with E-state index in [0.29, 0.717) is 19.4 Å². The highest BCUT2D eigenvalue weighted by Crippen LogP contribution is 2.27. The molecule has 0 aliphatic carbocycles. The van der Waals surface area contributed by atoms with Gasteiger partial charge in [-0.1, -0.05) is 0 Å². The summed E-state index contributed by atoms with van der Waals surface area (Å²) in [6.07, 6.45) is 1.21. The highest BCUT2D eigenvalue weighted by Gasteiger charge is 2.33. The van der Waals surface area contributed by atoms with E-state index < -0.39 is 16.4 Å². The predicted molar refractivity (Wildman–Crippen MR) is 70.5 cm³/mol. The first-order valence-corrected chi connectivity index (χ1v) is 6.29. The van der Waals surface area contributed by atoms with Gasteiger partial charge in [-0.05, 0) is 31.9 Å². The molecule has 1 aromatic rings. The Morgan fingerprint density at radius 1 is 1.50 bits per heavy atom. The van der Waals surface area contributed by atoms with Crippen molar-refractivity contribution in [3.05, 3.63) is 33.9 Å². The standard InChI is InChI=1S/C13H16N2O5/c1-13(18)5-2-6-14(8-13)12(17)10-7-9(16)3-4-11(10)15(19)20/h3-4,7,16,18H,2,5-6,8H2,1H3. The van der Waals surface area contributed by atoms with E-state index in [-0.39, 0.29) is 23.5 Å². The number of hydrogen-bond donors (Lipinski definition) is 2. The Balaban J connectivity index is 2.33. The van der Waals surface area contributed by atoms with E-state index >= 15 is 0 Å². The first-order chi connectivity index (χ1) is 9.30. The molecular weight excluding hydrogens is 264 g/mol. The van der Waals surface area contributed by atoms with Gasteiger partial charge in [-0.15, -0.1) is 0 Å². The number of hydrogen-bond acceptors (Lipinski definition) is 5. The minimum Gasteiger partial charge on any atom is -0.508 e. The number of amides is 1. The fourth-order valence-electron chi connectivity index (χ4n) is 2.42. The molecule has 0 spiro atoms. The van der Waals surface area contributed by atoms with Gasteiger partial charge in [0.2, 0.25) is 0 Å². The van der Waals surface area contributed by atoms with Gasteiger partial charge >= 0.3 is 0 Å². The van der Waals surface area contributed by atoms with Crippen LogP contribution in [0.2, 0.25) is 0 Å². The summed E-state index contributed by atoms with van der Waals surface area (Å²) in [5, 5.41) is 30.4. The normalized spacial score (nSPS) is 22.6. The van der Waals surface area contributed by atoms with Crippen molar-refractivity contribution in [1.29, 1.82) is 0 Å². The molecule has 1 amide bonds. The van der Waals surface area contributed by atoms with Crippen LogP contribution >= 0.6 is 0 Å². The molecule has 1 aliphatic heterocycles. The zero-order valence-electron chi connectivity index (χ0n) is 11.1. The van der Waals surface area contributed by atoms with Gasteiger partial charge in [-0.25, -0.2) is 0 Å². The molecule has 7 nitrogen and oxygen atoms in total.